The standard InChI is InChI=1S/C30H32FN7O2/c1-17-23-13-21(31)7-8-22(23)26-20(16-36(2)34-26)11-24-27(30(39)37-9-3-4-10-37)35-38(15-18-5-6-18)28(24)19-12-25(40-17)29(32)33-14-19/h7-8,12-14,16-18H,3-6,9-11,15H2,1-2H3,(H2,32,33)/t17-/m1/s1. The molecule has 7 rings (SSSR count). The summed E-state index contributed by atoms with van der Waals surface area (Å²) in [6.07, 6.45) is 7.90. The Bertz CT molecular complexity index is 1630. The van der Waals surface area contributed by atoms with Crippen molar-refractivity contribution in [2.45, 2.75) is 51.7 Å². The molecule has 10 heteroatoms. The van der Waals surface area contributed by atoms with Crippen LogP contribution in [-0.2, 0) is 20.0 Å². The van der Waals surface area contributed by atoms with Gasteiger partial charge in [-0.2, -0.15) is 10.2 Å². The molecule has 2 bridgehead atoms. The first-order valence-corrected chi connectivity index (χ1v) is 14.0. The highest BCUT2D eigenvalue weighted by atomic mass is 19.1. The van der Waals surface area contributed by atoms with E-state index in [-0.39, 0.29) is 17.5 Å². The van der Waals surface area contributed by atoms with Gasteiger partial charge in [0.1, 0.15) is 11.9 Å². The van der Waals surface area contributed by atoms with Crippen LogP contribution in [0.25, 0.3) is 22.5 Å². The molecule has 2 aliphatic heterocycles. The fourth-order valence-electron chi connectivity index (χ4n) is 6.01. The lowest BCUT2D eigenvalue weighted by atomic mass is 9.93. The Labute approximate surface area is 231 Å². The molecule has 9 nitrogen and oxygen atoms in total. The number of amides is 1. The van der Waals surface area contributed by atoms with Gasteiger partial charge < -0.3 is 15.4 Å². The summed E-state index contributed by atoms with van der Waals surface area (Å²) >= 11 is 0. The van der Waals surface area contributed by atoms with Crippen molar-refractivity contribution in [3.63, 3.8) is 0 Å². The Morgan fingerprint density at radius 2 is 1.98 bits per heavy atom. The average molecular weight is 542 g/mol. The van der Waals surface area contributed by atoms with Crippen LogP contribution in [0.4, 0.5) is 10.2 Å². The molecule has 0 spiro atoms. The maximum atomic E-state index is 14.5. The highest BCUT2D eigenvalue weighted by Crippen LogP contribution is 2.41. The fourth-order valence-corrected chi connectivity index (χ4v) is 6.01. The highest BCUT2D eigenvalue weighted by molar-refractivity contribution is 5.96. The molecule has 1 aromatic carbocycles. The number of fused-ring (bicyclic) bond motifs is 7. The van der Waals surface area contributed by atoms with E-state index in [2.05, 4.69) is 4.98 Å². The summed E-state index contributed by atoms with van der Waals surface area (Å²) in [5.74, 6) is 0.776. The number of aryl methyl sites for hydroxylation is 1. The summed E-state index contributed by atoms with van der Waals surface area (Å²) in [4.78, 5) is 20.3. The van der Waals surface area contributed by atoms with E-state index in [4.69, 9.17) is 20.7 Å². The molecule has 0 unspecified atom stereocenters. The number of pyridine rings is 1. The minimum absolute atomic E-state index is 0.0446. The van der Waals surface area contributed by atoms with Crippen LogP contribution in [0.15, 0.2) is 36.7 Å². The maximum absolute atomic E-state index is 14.5. The third kappa shape index (κ3) is 4.31. The van der Waals surface area contributed by atoms with E-state index >= 15 is 0 Å². The minimum atomic E-state index is -0.525. The van der Waals surface area contributed by atoms with Gasteiger partial charge in [-0.1, -0.05) is 0 Å². The molecule has 3 aliphatic rings. The third-order valence-corrected chi connectivity index (χ3v) is 8.21. The van der Waals surface area contributed by atoms with E-state index in [1.165, 1.54) is 12.1 Å². The molecule has 1 saturated carbocycles. The third-order valence-electron chi connectivity index (χ3n) is 8.21. The number of rotatable bonds is 3. The number of nitrogens with two attached hydrogens (primary N) is 1. The molecular weight excluding hydrogens is 509 g/mol. The van der Waals surface area contributed by atoms with Crippen LogP contribution in [0.2, 0.25) is 0 Å². The van der Waals surface area contributed by atoms with Gasteiger partial charge in [-0.25, -0.2) is 9.37 Å². The van der Waals surface area contributed by atoms with E-state index in [0.717, 1.165) is 79.0 Å². The van der Waals surface area contributed by atoms with E-state index < -0.39 is 6.10 Å². The predicted octanol–water partition coefficient (Wildman–Crippen LogP) is 4.76. The number of aromatic nitrogens is 5. The molecule has 2 fully saturated rings. The summed E-state index contributed by atoms with van der Waals surface area (Å²) in [5.41, 5.74) is 12.3. The topological polar surface area (TPSA) is 104 Å². The second-order valence-corrected chi connectivity index (χ2v) is 11.3. The normalized spacial score (nSPS) is 18.3. The van der Waals surface area contributed by atoms with Gasteiger partial charge in [0.25, 0.3) is 5.91 Å². The number of carbonyl (C=O) groups is 1. The van der Waals surface area contributed by atoms with Crippen molar-refractivity contribution in [3.05, 3.63) is 64.9 Å². The number of nitrogen functional groups attached to an aromatic ring is 1. The minimum Gasteiger partial charge on any atom is -0.482 e. The number of anilines is 1. The van der Waals surface area contributed by atoms with Crippen LogP contribution >= 0.6 is 0 Å². The van der Waals surface area contributed by atoms with Gasteiger partial charge in [0.15, 0.2) is 17.3 Å². The van der Waals surface area contributed by atoms with E-state index in [1.54, 1.807) is 16.9 Å². The number of ether oxygens (including phenoxy) is 1. The Hall–Kier alpha value is -4.21. The molecule has 5 heterocycles. The van der Waals surface area contributed by atoms with Crippen LogP contribution in [0.1, 0.15) is 65.9 Å². The lowest BCUT2D eigenvalue weighted by molar-refractivity contribution is 0.0785. The largest absolute Gasteiger partial charge is 0.482 e. The van der Waals surface area contributed by atoms with Gasteiger partial charge in [0, 0.05) is 73.3 Å². The SMILES string of the molecule is C[C@H]1Oc2cc(cnc2N)-c2c(c(C(=O)N3CCCC3)nn2CC2CC2)Cc2cn(C)nc2-c2ccc(F)cc21. The van der Waals surface area contributed by atoms with Crippen molar-refractivity contribution in [1.29, 1.82) is 0 Å². The lowest BCUT2D eigenvalue weighted by Gasteiger charge is -2.21. The molecule has 4 aromatic rings. The van der Waals surface area contributed by atoms with Crippen LogP contribution in [0.3, 0.4) is 0 Å². The van der Waals surface area contributed by atoms with Gasteiger partial charge in [0.05, 0.1) is 11.4 Å². The molecule has 40 heavy (non-hydrogen) atoms. The van der Waals surface area contributed by atoms with Crippen molar-refractivity contribution in [3.8, 4) is 28.3 Å². The molecule has 1 saturated heterocycles. The molecule has 1 amide bonds. The summed E-state index contributed by atoms with van der Waals surface area (Å²) in [6.45, 7) is 4.07. The highest BCUT2D eigenvalue weighted by Gasteiger charge is 2.33. The van der Waals surface area contributed by atoms with Crippen LogP contribution in [-0.4, -0.2) is 48.4 Å². The molecule has 0 radical (unpaired) electrons. The zero-order valence-electron chi connectivity index (χ0n) is 22.7. The monoisotopic (exact) mass is 541 g/mol. The van der Waals surface area contributed by atoms with Gasteiger partial charge in [-0.05, 0) is 62.8 Å². The number of halogens is 1. The number of likely N-dealkylation sites (tertiary alicyclic amines) is 1. The zero-order chi connectivity index (χ0) is 27.5. The molecule has 3 aromatic heterocycles. The Balaban J connectivity index is 1.50. The van der Waals surface area contributed by atoms with Crippen LogP contribution in [0.5, 0.6) is 5.75 Å². The van der Waals surface area contributed by atoms with Crippen molar-refractivity contribution in [2.75, 3.05) is 18.8 Å². The zero-order valence-corrected chi connectivity index (χ0v) is 22.7. The van der Waals surface area contributed by atoms with E-state index in [1.807, 2.05) is 35.8 Å². The van der Waals surface area contributed by atoms with Gasteiger partial charge in [0.2, 0.25) is 0 Å². The summed E-state index contributed by atoms with van der Waals surface area (Å²) < 4.78 is 24.6. The quantitative estimate of drug-likeness (QED) is 0.401. The maximum Gasteiger partial charge on any atom is 0.274 e. The Kier molecular flexibility index (Phi) is 5.87. The first kappa shape index (κ1) is 24.8. The Morgan fingerprint density at radius 1 is 1.18 bits per heavy atom. The van der Waals surface area contributed by atoms with E-state index in [0.29, 0.717) is 29.3 Å². The average Bonchev–Trinajstić information content (AvgIpc) is 3.29. The van der Waals surface area contributed by atoms with Crippen LogP contribution in [0, 0.1) is 11.7 Å². The molecule has 2 N–H and O–H groups in total. The molecular formula is C30H32FN7O2. The Morgan fingerprint density at radius 3 is 2.75 bits per heavy atom. The van der Waals surface area contributed by atoms with Gasteiger partial charge in [-0.3, -0.25) is 14.2 Å². The number of carbonyl (C=O) groups excluding carboxylic acids is 1. The van der Waals surface area contributed by atoms with Crippen molar-refractivity contribution >= 4 is 11.7 Å². The summed E-state index contributed by atoms with van der Waals surface area (Å²) in [5, 5.41) is 9.78. The van der Waals surface area contributed by atoms with E-state index in [9.17, 15) is 9.18 Å². The number of nitrogens with zero attached hydrogens (tertiary/aromatic N) is 6. The first-order valence-electron chi connectivity index (χ1n) is 14.0. The van der Waals surface area contributed by atoms with Gasteiger partial charge >= 0.3 is 0 Å². The predicted molar refractivity (Wildman–Crippen MR) is 148 cm³/mol. The second-order valence-electron chi connectivity index (χ2n) is 11.3. The van der Waals surface area contributed by atoms with Crippen LogP contribution < -0.4 is 10.5 Å². The van der Waals surface area contributed by atoms with Crippen molar-refractivity contribution in [2.24, 2.45) is 13.0 Å². The number of hydrogen-bond acceptors (Lipinski definition) is 6. The molecule has 206 valence electrons. The number of benzene rings is 1. The summed E-state index contributed by atoms with van der Waals surface area (Å²) in [7, 11) is 1.87. The fraction of sp³-hybridized carbons (Fsp3) is 0.400. The van der Waals surface area contributed by atoms with Gasteiger partial charge in [-0.15, -0.1) is 0 Å². The molecule has 1 aliphatic carbocycles. The van der Waals surface area contributed by atoms with Crippen molar-refractivity contribution in [1.82, 2.24) is 29.4 Å². The second kappa shape index (κ2) is 9.46. The molecule has 1 atom stereocenters. The number of hydrogen-bond donors (Lipinski definition) is 1. The first-order chi connectivity index (χ1) is 19.4. The summed E-state index contributed by atoms with van der Waals surface area (Å²) in [6, 6.07) is 6.54. The smallest absolute Gasteiger partial charge is 0.274 e. The van der Waals surface area contributed by atoms with Crippen molar-refractivity contribution < 1.29 is 13.9 Å². The lowest BCUT2D eigenvalue weighted by Crippen LogP contribution is -2.29.